The van der Waals surface area contributed by atoms with Gasteiger partial charge < -0.3 is 10.1 Å². The smallest absolute Gasteiger partial charge is 0.318 e. The third kappa shape index (κ3) is 4.57. The third-order valence-electron chi connectivity index (χ3n) is 4.06. The van der Waals surface area contributed by atoms with Gasteiger partial charge in [0.05, 0.1) is 6.61 Å². The average molecular weight is 368 g/mol. The Morgan fingerprint density at radius 2 is 1.86 bits per heavy atom. The fraction of sp³-hybridized carbons (Fsp3) is 0.529. The topological polar surface area (TPSA) is 55.4 Å². The maximum atomic E-state index is 12.6. The Balaban J connectivity index is 2.10. The van der Waals surface area contributed by atoms with Gasteiger partial charge in [-0.25, -0.2) is 0 Å². The fourth-order valence-electron chi connectivity index (χ4n) is 2.97. The molecule has 0 radical (unpaired) electrons. The molecule has 1 aromatic rings. The summed E-state index contributed by atoms with van der Waals surface area (Å²) in [5.74, 6) is -1.27. The molecule has 1 saturated carbocycles. The molecule has 1 fully saturated rings. The summed E-state index contributed by atoms with van der Waals surface area (Å²) in [6.45, 7) is 2.07. The van der Waals surface area contributed by atoms with Gasteiger partial charge in [-0.3, -0.25) is 9.59 Å². The van der Waals surface area contributed by atoms with Crippen molar-refractivity contribution in [1.82, 2.24) is 0 Å². The number of ether oxygens (including phenoxy) is 1. The summed E-state index contributed by atoms with van der Waals surface area (Å²) in [4.78, 5) is 24.8. The molecule has 0 unspecified atom stereocenters. The molecule has 22 heavy (non-hydrogen) atoms. The van der Waals surface area contributed by atoms with E-state index >= 15 is 0 Å². The van der Waals surface area contributed by atoms with Crippen LogP contribution in [0.3, 0.4) is 0 Å². The van der Waals surface area contributed by atoms with Crippen LogP contribution in [0.15, 0.2) is 28.7 Å². The van der Waals surface area contributed by atoms with Crippen molar-refractivity contribution in [3.63, 3.8) is 0 Å². The number of carbonyl (C=O) groups is 2. The number of carbonyl (C=O) groups excluding carboxylic acids is 2. The summed E-state index contributed by atoms with van der Waals surface area (Å²) in [5, 5.41) is 2.85. The number of esters is 1. The molecule has 0 spiro atoms. The lowest BCUT2D eigenvalue weighted by Gasteiger charge is -2.27. The maximum Gasteiger partial charge on any atom is 0.318 e. The minimum absolute atomic E-state index is 0.0863. The second-order valence-electron chi connectivity index (χ2n) is 5.62. The molecule has 1 aliphatic rings. The van der Waals surface area contributed by atoms with Crippen molar-refractivity contribution >= 4 is 33.5 Å². The van der Waals surface area contributed by atoms with Crippen molar-refractivity contribution < 1.29 is 14.3 Å². The summed E-state index contributed by atoms with van der Waals surface area (Å²) in [5.41, 5.74) is 0.693. The Bertz CT molecular complexity index is 509. The van der Waals surface area contributed by atoms with Gasteiger partial charge in [0, 0.05) is 10.2 Å². The Morgan fingerprint density at radius 3 is 2.45 bits per heavy atom. The van der Waals surface area contributed by atoms with Crippen LogP contribution in [0.2, 0.25) is 0 Å². The van der Waals surface area contributed by atoms with Crippen LogP contribution in [0, 0.1) is 11.8 Å². The van der Waals surface area contributed by atoms with Crippen molar-refractivity contribution in [2.45, 2.75) is 39.0 Å². The van der Waals surface area contributed by atoms with Crippen molar-refractivity contribution in [3.8, 4) is 0 Å². The predicted molar refractivity (Wildman–Crippen MR) is 89.5 cm³/mol. The number of hydrogen-bond donors (Lipinski definition) is 1. The number of benzene rings is 1. The monoisotopic (exact) mass is 367 g/mol. The minimum Gasteiger partial charge on any atom is -0.465 e. The lowest BCUT2D eigenvalue weighted by Crippen LogP contribution is -2.37. The van der Waals surface area contributed by atoms with Gasteiger partial charge in [-0.1, -0.05) is 35.2 Å². The van der Waals surface area contributed by atoms with E-state index in [-0.39, 0.29) is 11.8 Å². The largest absolute Gasteiger partial charge is 0.465 e. The van der Waals surface area contributed by atoms with Gasteiger partial charge in [0.25, 0.3) is 0 Å². The van der Waals surface area contributed by atoms with E-state index in [0.717, 1.165) is 30.2 Å². The lowest BCUT2D eigenvalue weighted by atomic mass is 9.79. The Labute approximate surface area is 139 Å². The molecule has 1 amide bonds. The number of nitrogens with one attached hydrogen (secondary N) is 1. The third-order valence-corrected chi connectivity index (χ3v) is 4.58. The highest BCUT2D eigenvalue weighted by atomic mass is 79.9. The second kappa shape index (κ2) is 8.32. The standard InChI is InChI=1S/C17H22BrNO3/c1-2-22-17(21)15(12-6-4-3-5-7-12)16(20)19-14-10-8-13(18)9-11-14/h8-12,15H,2-7H2,1H3,(H,19,20)/t15-/m0/s1. The van der Waals surface area contributed by atoms with Crippen molar-refractivity contribution in [2.75, 3.05) is 11.9 Å². The minimum atomic E-state index is -0.705. The number of hydrogen-bond acceptors (Lipinski definition) is 3. The van der Waals surface area contributed by atoms with Crippen LogP contribution in [-0.2, 0) is 14.3 Å². The molecule has 1 aliphatic carbocycles. The quantitative estimate of drug-likeness (QED) is 0.628. The van der Waals surface area contributed by atoms with E-state index in [1.54, 1.807) is 6.92 Å². The van der Waals surface area contributed by atoms with E-state index in [0.29, 0.717) is 12.3 Å². The van der Waals surface area contributed by atoms with E-state index in [4.69, 9.17) is 4.74 Å². The highest BCUT2D eigenvalue weighted by molar-refractivity contribution is 9.10. The number of amides is 1. The molecule has 4 nitrogen and oxygen atoms in total. The van der Waals surface area contributed by atoms with Crippen LogP contribution >= 0.6 is 15.9 Å². The second-order valence-corrected chi connectivity index (χ2v) is 6.54. The molecule has 1 N–H and O–H groups in total. The highest BCUT2D eigenvalue weighted by Crippen LogP contribution is 2.31. The summed E-state index contributed by atoms with van der Waals surface area (Å²) >= 11 is 3.36. The molecule has 0 aliphatic heterocycles. The van der Waals surface area contributed by atoms with Gasteiger partial charge >= 0.3 is 5.97 Å². The molecular formula is C17H22BrNO3. The van der Waals surface area contributed by atoms with Gasteiger partial charge in [-0.2, -0.15) is 0 Å². The summed E-state index contributed by atoms with van der Waals surface area (Å²) in [6, 6.07) is 7.33. The lowest BCUT2D eigenvalue weighted by molar-refractivity contribution is -0.153. The van der Waals surface area contributed by atoms with Crippen molar-refractivity contribution in [2.24, 2.45) is 11.8 Å². The van der Waals surface area contributed by atoms with Gasteiger partial charge in [-0.05, 0) is 49.9 Å². The SMILES string of the molecule is CCOC(=O)[C@H](C(=O)Nc1ccc(Br)cc1)C1CCCCC1. The van der Waals surface area contributed by atoms with Crippen LogP contribution in [-0.4, -0.2) is 18.5 Å². The van der Waals surface area contributed by atoms with E-state index in [2.05, 4.69) is 21.2 Å². The molecular weight excluding hydrogens is 346 g/mol. The molecule has 0 aromatic heterocycles. The maximum absolute atomic E-state index is 12.6. The van der Waals surface area contributed by atoms with Crippen LogP contribution in [0.5, 0.6) is 0 Å². The Kier molecular flexibility index (Phi) is 6.43. The number of rotatable bonds is 5. The predicted octanol–water partition coefficient (Wildman–Crippen LogP) is 4.15. The fourth-order valence-corrected chi connectivity index (χ4v) is 3.23. The van der Waals surface area contributed by atoms with Gasteiger partial charge in [0.1, 0.15) is 5.92 Å². The molecule has 2 rings (SSSR count). The summed E-state index contributed by atoms with van der Waals surface area (Å²) < 4.78 is 6.07. The molecule has 0 heterocycles. The van der Waals surface area contributed by atoms with Gasteiger partial charge in [-0.15, -0.1) is 0 Å². The molecule has 1 atom stereocenters. The zero-order valence-electron chi connectivity index (χ0n) is 12.8. The van der Waals surface area contributed by atoms with E-state index < -0.39 is 11.9 Å². The highest BCUT2D eigenvalue weighted by Gasteiger charge is 2.36. The van der Waals surface area contributed by atoms with Gasteiger partial charge in [0.15, 0.2) is 0 Å². The Hall–Kier alpha value is -1.36. The van der Waals surface area contributed by atoms with E-state index in [1.165, 1.54) is 6.42 Å². The first-order valence-corrected chi connectivity index (χ1v) is 8.64. The number of anilines is 1. The van der Waals surface area contributed by atoms with Crippen molar-refractivity contribution in [1.29, 1.82) is 0 Å². The summed E-state index contributed by atoms with van der Waals surface area (Å²) in [7, 11) is 0. The molecule has 5 heteroatoms. The summed E-state index contributed by atoms with van der Waals surface area (Å²) in [6.07, 6.45) is 5.16. The first-order chi connectivity index (χ1) is 10.6. The molecule has 1 aromatic carbocycles. The Morgan fingerprint density at radius 1 is 1.23 bits per heavy atom. The number of halogens is 1. The zero-order chi connectivity index (χ0) is 15.9. The van der Waals surface area contributed by atoms with E-state index in [9.17, 15) is 9.59 Å². The van der Waals surface area contributed by atoms with Gasteiger partial charge in [0.2, 0.25) is 5.91 Å². The zero-order valence-corrected chi connectivity index (χ0v) is 14.4. The van der Waals surface area contributed by atoms with Crippen molar-refractivity contribution in [3.05, 3.63) is 28.7 Å². The molecule has 0 bridgehead atoms. The molecule has 120 valence electrons. The van der Waals surface area contributed by atoms with Crippen LogP contribution in [0.25, 0.3) is 0 Å². The first kappa shape index (κ1) is 17.0. The first-order valence-electron chi connectivity index (χ1n) is 7.85. The average Bonchev–Trinajstić information content (AvgIpc) is 2.51. The van der Waals surface area contributed by atoms with E-state index in [1.807, 2.05) is 24.3 Å². The molecule has 0 saturated heterocycles. The van der Waals surface area contributed by atoms with Crippen LogP contribution in [0.4, 0.5) is 5.69 Å². The van der Waals surface area contributed by atoms with Crippen LogP contribution in [0.1, 0.15) is 39.0 Å². The van der Waals surface area contributed by atoms with Crippen LogP contribution < -0.4 is 5.32 Å². The normalized spacial score (nSPS) is 16.8.